The van der Waals surface area contributed by atoms with Crippen LogP contribution in [0.3, 0.4) is 0 Å². The fourth-order valence-electron chi connectivity index (χ4n) is 4.26. The first-order chi connectivity index (χ1) is 14.2. The molecular weight excluding hydrogens is 362 g/mol. The van der Waals surface area contributed by atoms with Crippen molar-refractivity contribution in [2.75, 3.05) is 76.3 Å². The normalized spacial score (nSPS) is 19.2. The maximum absolute atomic E-state index is 4.70. The summed E-state index contributed by atoms with van der Waals surface area (Å²) < 4.78 is 0. The summed E-state index contributed by atoms with van der Waals surface area (Å²) in [6, 6.07) is 6.61. The van der Waals surface area contributed by atoms with Crippen LogP contribution in [0.25, 0.3) is 22.2 Å². The van der Waals surface area contributed by atoms with Gasteiger partial charge >= 0.3 is 0 Å². The Hall–Kier alpha value is -2.64. The molecule has 152 valence electrons. The first-order valence-corrected chi connectivity index (χ1v) is 10.5. The summed E-state index contributed by atoms with van der Waals surface area (Å²) in [5.41, 5.74) is 4.54. The summed E-state index contributed by atoms with van der Waals surface area (Å²) in [5.74, 6) is 1.06. The Bertz CT molecular complexity index is 982. The summed E-state index contributed by atoms with van der Waals surface area (Å²) in [5, 5.41) is 1.18. The van der Waals surface area contributed by atoms with Gasteiger partial charge in [-0.25, -0.2) is 9.97 Å². The minimum Gasteiger partial charge on any atom is -0.368 e. The Labute approximate surface area is 171 Å². The number of aromatic nitrogens is 3. The molecule has 5 heterocycles. The van der Waals surface area contributed by atoms with Gasteiger partial charge in [0.1, 0.15) is 11.5 Å². The molecule has 0 unspecified atom stereocenters. The fraction of sp³-hybridized carbons (Fsp3) is 0.455. The van der Waals surface area contributed by atoms with Crippen molar-refractivity contribution in [2.45, 2.75) is 0 Å². The number of aromatic amines is 1. The molecule has 0 aromatic carbocycles. The molecule has 0 radical (unpaired) electrons. The largest absolute Gasteiger partial charge is 0.368 e. The number of H-pyrrole nitrogens is 1. The molecule has 1 N–H and O–H groups in total. The number of nitrogens with zero attached hydrogens (tertiary/aromatic N) is 6. The monoisotopic (exact) mass is 391 g/mol. The van der Waals surface area contributed by atoms with Gasteiger partial charge in [0, 0.05) is 75.7 Å². The van der Waals surface area contributed by atoms with E-state index in [-0.39, 0.29) is 0 Å². The molecule has 0 atom stereocenters. The maximum atomic E-state index is 4.70. The topological polar surface area (TPSA) is 54.5 Å². The van der Waals surface area contributed by atoms with Gasteiger partial charge in [-0.15, -0.1) is 0 Å². The van der Waals surface area contributed by atoms with Gasteiger partial charge in [-0.05, 0) is 37.9 Å². The average molecular weight is 392 g/mol. The highest BCUT2D eigenvalue weighted by atomic mass is 15.3. The zero-order chi connectivity index (χ0) is 19.8. The number of hydrogen-bond donors (Lipinski definition) is 1. The van der Waals surface area contributed by atoms with Crippen LogP contribution in [0, 0.1) is 0 Å². The molecule has 2 aliphatic rings. The Kier molecular flexibility index (Phi) is 4.85. The van der Waals surface area contributed by atoms with Gasteiger partial charge in [0.15, 0.2) is 0 Å². The summed E-state index contributed by atoms with van der Waals surface area (Å²) >= 11 is 0. The van der Waals surface area contributed by atoms with Crippen molar-refractivity contribution in [3.8, 4) is 11.1 Å². The van der Waals surface area contributed by atoms with Crippen LogP contribution in [0.5, 0.6) is 0 Å². The molecule has 7 nitrogen and oxygen atoms in total. The van der Waals surface area contributed by atoms with Gasteiger partial charge in [0.2, 0.25) is 0 Å². The van der Waals surface area contributed by atoms with Crippen LogP contribution in [0.15, 0.2) is 36.8 Å². The van der Waals surface area contributed by atoms with Gasteiger partial charge in [-0.1, -0.05) is 0 Å². The Morgan fingerprint density at radius 1 is 0.828 bits per heavy atom. The third kappa shape index (κ3) is 3.68. The van der Waals surface area contributed by atoms with Crippen molar-refractivity contribution >= 4 is 22.5 Å². The zero-order valence-electron chi connectivity index (χ0n) is 17.3. The lowest BCUT2D eigenvalue weighted by molar-refractivity contribution is 0.312. The van der Waals surface area contributed by atoms with E-state index in [9.17, 15) is 0 Å². The molecule has 3 aromatic rings. The zero-order valence-corrected chi connectivity index (χ0v) is 17.3. The van der Waals surface area contributed by atoms with Crippen LogP contribution < -0.4 is 9.80 Å². The van der Waals surface area contributed by atoms with Crippen molar-refractivity contribution in [3.05, 3.63) is 36.8 Å². The highest BCUT2D eigenvalue weighted by Crippen LogP contribution is 2.32. The maximum Gasteiger partial charge on any atom is 0.138 e. The second-order valence-electron chi connectivity index (χ2n) is 8.28. The summed E-state index contributed by atoms with van der Waals surface area (Å²) in [4.78, 5) is 22.3. The predicted molar refractivity (Wildman–Crippen MR) is 119 cm³/mol. The van der Waals surface area contributed by atoms with E-state index in [1.807, 2.05) is 12.4 Å². The standard InChI is InChI=1S/C22H29N7/c1-26-5-9-28(10-6-26)18-14-19-20(16-25-22(19)24-15-18)17-3-4-23-21(13-17)29-11-7-27(2)8-12-29/h3-4,13-16H,5-12H2,1-2H3,(H,24,25). The number of hydrogen-bond acceptors (Lipinski definition) is 6. The van der Waals surface area contributed by atoms with E-state index in [1.165, 1.54) is 22.2 Å². The van der Waals surface area contributed by atoms with Gasteiger partial charge < -0.3 is 24.6 Å². The van der Waals surface area contributed by atoms with Crippen LogP contribution in [0.1, 0.15) is 0 Å². The Morgan fingerprint density at radius 2 is 1.52 bits per heavy atom. The van der Waals surface area contributed by atoms with Crippen LogP contribution in [-0.4, -0.2) is 91.2 Å². The number of anilines is 2. The van der Waals surface area contributed by atoms with E-state index in [0.717, 1.165) is 63.8 Å². The molecule has 5 rings (SSSR count). The van der Waals surface area contributed by atoms with E-state index in [2.05, 4.69) is 68.1 Å². The minimum absolute atomic E-state index is 0.941. The second kappa shape index (κ2) is 7.65. The van der Waals surface area contributed by atoms with Gasteiger partial charge in [0.25, 0.3) is 0 Å². The molecule has 0 bridgehead atoms. The fourth-order valence-corrected chi connectivity index (χ4v) is 4.26. The average Bonchev–Trinajstić information content (AvgIpc) is 3.18. The first-order valence-electron chi connectivity index (χ1n) is 10.5. The quantitative estimate of drug-likeness (QED) is 0.738. The lowest BCUT2D eigenvalue weighted by Crippen LogP contribution is -2.44. The first kappa shape index (κ1) is 18.4. The smallest absolute Gasteiger partial charge is 0.138 e. The highest BCUT2D eigenvalue weighted by molar-refractivity contribution is 5.95. The summed E-state index contributed by atoms with van der Waals surface area (Å²) in [7, 11) is 4.36. The molecule has 29 heavy (non-hydrogen) atoms. The highest BCUT2D eigenvalue weighted by Gasteiger charge is 2.18. The van der Waals surface area contributed by atoms with E-state index < -0.39 is 0 Å². The van der Waals surface area contributed by atoms with Crippen molar-refractivity contribution in [2.24, 2.45) is 0 Å². The number of nitrogens with one attached hydrogen (secondary N) is 1. The minimum atomic E-state index is 0.941. The molecule has 0 saturated carbocycles. The van der Waals surface area contributed by atoms with Crippen LogP contribution in [0.2, 0.25) is 0 Å². The lowest BCUT2D eigenvalue weighted by Gasteiger charge is -2.33. The third-order valence-electron chi connectivity index (χ3n) is 6.27. The molecule has 7 heteroatoms. The lowest BCUT2D eigenvalue weighted by atomic mass is 10.1. The number of piperazine rings is 2. The van der Waals surface area contributed by atoms with Crippen molar-refractivity contribution in [3.63, 3.8) is 0 Å². The SMILES string of the molecule is CN1CCN(c2cnc3[nH]cc(-c4ccnc(N5CCN(C)CC5)c4)c3c2)CC1. The number of fused-ring (bicyclic) bond motifs is 1. The third-order valence-corrected chi connectivity index (χ3v) is 6.27. The van der Waals surface area contributed by atoms with Crippen LogP contribution in [0.4, 0.5) is 11.5 Å². The van der Waals surface area contributed by atoms with Crippen molar-refractivity contribution < 1.29 is 0 Å². The van der Waals surface area contributed by atoms with Crippen LogP contribution >= 0.6 is 0 Å². The number of pyridine rings is 2. The van der Waals surface area contributed by atoms with Gasteiger partial charge in [-0.2, -0.15) is 0 Å². The molecule has 3 aromatic heterocycles. The molecule has 0 spiro atoms. The molecule has 2 saturated heterocycles. The van der Waals surface area contributed by atoms with Crippen molar-refractivity contribution in [1.29, 1.82) is 0 Å². The summed E-state index contributed by atoms with van der Waals surface area (Å²) in [6.07, 6.45) is 6.00. The summed E-state index contributed by atoms with van der Waals surface area (Å²) in [6.45, 7) is 8.49. The molecule has 0 amide bonds. The Balaban J connectivity index is 1.45. The van der Waals surface area contributed by atoms with Crippen molar-refractivity contribution in [1.82, 2.24) is 24.8 Å². The number of rotatable bonds is 3. The van der Waals surface area contributed by atoms with Crippen LogP contribution in [-0.2, 0) is 0 Å². The molecule has 2 fully saturated rings. The van der Waals surface area contributed by atoms with Gasteiger partial charge in [0.05, 0.1) is 11.9 Å². The van der Waals surface area contributed by atoms with E-state index in [0.29, 0.717) is 0 Å². The van der Waals surface area contributed by atoms with E-state index in [4.69, 9.17) is 4.98 Å². The number of likely N-dealkylation sites (N-methyl/N-ethyl adjacent to an activating group) is 2. The molecular formula is C22H29N7. The predicted octanol–water partition coefficient (Wildman–Crippen LogP) is 2.13. The molecule has 0 aliphatic carbocycles. The van der Waals surface area contributed by atoms with E-state index in [1.54, 1.807) is 0 Å². The van der Waals surface area contributed by atoms with Gasteiger partial charge in [-0.3, -0.25) is 0 Å². The molecule has 2 aliphatic heterocycles. The van der Waals surface area contributed by atoms with E-state index >= 15 is 0 Å². The Morgan fingerprint density at radius 3 is 2.24 bits per heavy atom. The second-order valence-corrected chi connectivity index (χ2v) is 8.28.